The second kappa shape index (κ2) is 4.48. The van der Waals surface area contributed by atoms with Gasteiger partial charge in [0.2, 0.25) is 0 Å². The van der Waals surface area contributed by atoms with Gasteiger partial charge in [-0.2, -0.15) is 0 Å². The molecule has 3 nitrogen and oxygen atoms in total. The van der Waals surface area contributed by atoms with Crippen molar-refractivity contribution < 1.29 is 0 Å². The number of hydrogen-bond donors (Lipinski definition) is 1. The average molecular weight is 275 g/mol. The molecule has 0 spiro atoms. The van der Waals surface area contributed by atoms with Crippen molar-refractivity contribution in [2.75, 3.05) is 0 Å². The van der Waals surface area contributed by atoms with E-state index in [9.17, 15) is 0 Å². The predicted octanol–water partition coefficient (Wildman–Crippen LogP) is 4.51. The molecule has 2 aromatic carbocycles. The maximum absolute atomic E-state index is 4.84. The van der Waals surface area contributed by atoms with Crippen LogP contribution in [0.5, 0.6) is 0 Å². The summed E-state index contributed by atoms with van der Waals surface area (Å²) in [4.78, 5) is 8.37. The highest BCUT2D eigenvalue weighted by Gasteiger charge is 2.16. The number of imidazole rings is 1. The van der Waals surface area contributed by atoms with Crippen LogP contribution < -0.4 is 0 Å². The summed E-state index contributed by atoms with van der Waals surface area (Å²) in [5.74, 6) is 1.02. The summed E-state index contributed by atoms with van der Waals surface area (Å²) in [6, 6.07) is 16.7. The van der Waals surface area contributed by atoms with E-state index in [2.05, 4.69) is 65.9 Å². The molecule has 2 heterocycles. The van der Waals surface area contributed by atoms with E-state index in [0.717, 1.165) is 23.6 Å². The lowest BCUT2D eigenvalue weighted by molar-refractivity contribution is 0.793. The fourth-order valence-electron chi connectivity index (χ4n) is 3.09. The Morgan fingerprint density at radius 1 is 1.05 bits per heavy atom. The molecule has 0 unspecified atom stereocenters. The van der Waals surface area contributed by atoms with E-state index in [0.29, 0.717) is 0 Å². The molecule has 2 aromatic heterocycles. The number of para-hydroxylation sites is 3. The molecule has 0 saturated heterocycles. The number of aromatic nitrogens is 3. The van der Waals surface area contributed by atoms with E-state index in [-0.39, 0.29) is 0 Å². The minimum absolute atomic E-state index is 0.907. The van der Waals surface area contributed by atoms with Gasteiger partial charge in [0.25, 0.3) is 0 Å². The monoisotopic (exact) mass is 275 g/mol. The number of nitrogens with zero attached hydrogens (tertiary/aromatic N) is 2. The van der Waals surface area contributed by atoms with Gasteiger partial charge in [-0.05, 0) is 37.6 Å². The Hall–Kier alpha value is -2.55. The zero-order valence-electron chi connectivity index (χ0n) is 12.2. The Morgan fingerprint density at radius 3 is 2.62 bits per heavy atom. The molecular formula is C18H17N3. The summed E-state index contributed by atoms with van der Waals surface area (Å²) in [7, 11) is 0. The zero-order valence-corrected chi connectivity index (χ0v) is 12.2. The molecule has 104 valence electrons. The normalized spacial score (nSPS) is 11.5. The first kappa shape index (κ1) is 12.2. The SMILES string of the molecule is CCn1c(-c2[nH]c3ccccc3c2C)nc2ccccc21. The fraction of sp³-hybridized carbons (Fsp3) is 0.167. The second-order valence-electron chi connectivity index (χ2n) is 5.34. The summed E-state index contributed by atoms with van der Waals surface area (Å²) in [5.41, 5.74) is 5.78. The van der Waals surface area contributed by atoms with E-state index >= 15 is 0 Å². The fourth-order valence-corrected chi connectivity index (χ4v) is 3.09. The Bertz CT molecular complexity index is 944. The summed E-state index contributed by atoms with van der Waals surface area (Å²) in [6.45, 7) is 5.23. The quantitative estimate of drug-likeness (QED) is 0.573. The van der Waals surface area contributed by atoms with Crippen LogP contribution in [0.4, 0.5) is 0 Å². The van der Waals surface area contributed by atoms with Crippen LogP contribution in [0.2, 0.25) is 0 Å². The number of rotatable bonds is 2. The van der Waals surface area contributed by atoms with Gasteiger partial charge in [0.1, 0.15) is 0 Å². The van der Waals surface area contributed by atoms with Crippen LogP contribution in [0.25, 0.3) is 33.5 Å². The van der Waals surface area contributed by atoms with Crippen LogP contribution >= 0.6 is 0 Å². The molecule has 4 aromatic rings. The molecule has 0 aliphatic rings. The number of benzene rings is 2. The van der Waals surface area contributed by atoms with E-state index in [4.69, 9.17) is 4.98 Å². The maximum Gasteiger partial charge on any atom is 0.157 e. The van der Waals surface area contributed by atoms with E-state index < -0.39 is 0 Å². The standard InChI is InChI=1S/C18H17N3/c1-3-21-16-11-7-6-10-15(16)20-18(21)17-12(2)13-8-4-5-9-14(13)19-17/h4-11,19H,3H2,1-2H3. The van der Waals surface area contributed by atoms with Crippen LogP contribution in [0.15, 0.2) is 48.5 Å². The second-order valence-corrected chi connectivity index (χ2v) is 5.34. The predicted molar refractivity (Wildman–Crippen MR) is 87.4 cm³/mol. The Kier molecular flexibility index (Phi) is 2.61. The third kappa shape index (κ3) is 1.70. The van der Waals surface area contributed by atoms with Crippen molar-refractivity contribution >= 4 is 21.9 Å². The van der Waals surface area contributed by atoms with Gasteiger partial charge >= 0.3 is 0 Å². The molecule has 1 N–H and O–H groups in total. The molecule has 4 rings (SSSR count). The van der Waals surface area contributed by atoms with Gasteiger partial charge in [0.05, 0.1) is 16.7 Å². The smallest absolute Gasteiger partial charge is 0.157 e. The Morgan fingerprint density at radius 2 is 1.81 bits per heavy atom. The molecule has 0 aliphatic heterocycles. The lowest BCUT2D eigenvalue weighted by atomic mass is 10.1. The Labute approximate surface area is 123 Å². The number of aryl methyl sites for hydroxylation is 2. The molecule has 0 bridgehead atoms. The molecule has 0 amide bonds. The Balaban J connectivity index is 2.06. The van der Waals surface area contributed by atoms with Crippen LogP contribution in [0, 0.1) is 6.92 Å². The highest BCUT2D eigenvalue weighted by atomic mass is 15.1. The minimum atomic E-state index is 0.907. The topological polar surface area (TPSA) is 33.6 Å². The van der Waals surface area contributed by atoms with E-state index in [1.807, 2.05) is 6.07 Å². The van der Waals surface area contributed by atoms with Gasteiger partial charge in [-0.15, -0.1) is 0 Å². The third-order valence-corrected chi connectivity index (χ3v) is 4.16. The number of aromatic amines is 1. The van der Waals surface area contributed by atoms with Crippen LogP contribution in [0.1, 0.15) is 12.5 Å². The van der Waals surface area contributed by atoms with Gasteiger partial charge in [0, 0.05) is 17.4 Å². The molecule has 3 heteroatoms. The van der Waals surface area contributed by atoms with Crippen molar-refractivity contribution in [3.05, 3.63) is 54.1 Å². The van der Waals surface area contributed by atoms with Gasteiger partial charge in [-0.1, -0.05) is 30.3 Å². The maximum atomic E-state index is 4.84. The van der Waals surface area contributed by atoms with E-state index in [1.54, 1.807) is 0 Å². The highest BCUT2D eigenvalue weighted by molar-refractivity contribution is 5.91. The lowest BCUT2D eigenvalue weighted by Gasteiger charge is -2.05. The highest BCUT2D eigenvalue weighted by Crippen LogP contribution is 2.31. The molecule has 21 heavy (non-hydrogen) atoms. The number of nitrogens with one attached hydrogen (secondary N) is 1. The summed E-state index contributed by atoms with van der Waals surface area (Å²) < 4.78 is 2.27. The van der Waals surface area contributed by atoms with Crippen molar-refractivity contribution in [2.24, 2.45) is 0 Å². The van der Waals surface area contributed by atoms with Gasteiger partial charge in [-0.3, -0.25) is 0 Å². The van der Waals surface area contributed by atoms with Crippen molar-refractivity contribution in [3.8, 4) is 11.5 Å². The molecule has 0 aliphatic carbocycles. The molecule has 0 atom stereocenters. The first-order chi connectivity index (χ1) is 10.3. The molecular weight excluding hydrogens is 258 g/mol. The number of fused-ring (bicyclic) bond motifs is 2. The number of H-pyrrole nitrogens is 1. The summed E-state index contributed by atoms with van der Waals surface area (Å²) in [5, 5.41) is 1.27. The summed E-state index contributed by atoms with van der Waals surface area (Å²) >= 11 is 0. The van der Waals surface area contributed by atoms with Crippen molar-refractivity contribution in [1.82, 2.24) is 14.5 Å². The largest absolute Gasteiger partial charge is 0.352 e. The molecule has 0 fully saturated rings. The average Bonchev–Trinajstić information content (AvgIpc) is 3.05. The number of hydrogen-bond acceptors (Lipinski definition) is 1. The third-order valence-electron chi connectivity index (χ3n) is 4.16. The first-order valence-electron chi connectivity index (χ1n) is 7.32. The molecule has 0 saturated carbocycles. The van der Waals surface area contributed by atoms with Crippen LogP contribution in [0.3, 0.4) is 0 Å². The summed E-state index contributed by atoms with van der Waals surface area (Å²) in [6.07, 6.45) is 0. The van der Waals surface area contributed by atoms with E-state index in [1.165, 1.54) is 22.0 Å². The van der Waals surface area contributed by atoms with Crippen LogP contribution in [-0.2, 0) is 6.54 Å². The van der Waals surface area contributed by atoms with Crippen molar-refractivity contribution in [1.29, 1.82) is 0 Å². The van der Waals surface area contributed by atoms with Gasteiger partial charge in [-0.25, -0.2) is 4.98 Å². The molecule has 0 radical (unpaired) electrons. The van der Waals surface area contributed by atoms with Crippen molar-refractivity contribution in [2.45, 2.75) is 20.4 Å². The minimum Gasteiger partial charge on any atom is -0.352 e. The van der Waals surface area contributed by atoms with Crippen molar-refractivity contribution in [3.63, 3.8) is 0 Å². The van der Waals surface area contributed by atoms with Crippen LogP contribution in [-0.4, -0.2) is 14.5 Å². The first-order valence-corrected chi connectivity index (χ1v) is 7.32. The lowest BCUT2D eigenvalue weighted by Crippen LogP contribution is -1.98. The zero-order chi connectivity index (χ0) is 14.4. The van der Waals surface area contributed by atoms with Gasteiger partial charge < -0.3 is 9.55 Å². The van der Waals surface area contributed by atoms with Gasteiger partial charge in [0.15, 0.2) is 5.82 Å².